The number of nitrogens with two attached hydrogens (primary N) is 1. The largest absolute Gasteiger partial charge is 0.396 e. The average molecular weight is 242 g/mol. The van der Waals surface area contributed by atoms with Gasteiger partial charge in [-0.15, -0.1) is 0 Å². The van der Waals surface area contributed by atoms with Crippen molar-refractivity contribution in [3.63, 3.8) is 0 Å². The second-order valence-electron chi connectivity index (χ2n) is 4.94. The topological polar surface area (TPSA) is 56.7 Å². The molecule has 0 saturated heterocycles. The summed E-state index contributed by atoms with van der Waals surface area (Å²) in [6.07, 6.45) is 10.0. The maximum atomic E-state index is 6.10. The molecule has 2 aromatic heterocycles. The Hall–Kier alpha value is -1.84. The molecule has 2 N–H and O–H groups in total. The van der Waals surface area contributed by atoms with E-state index in [0.29, 0.717) is 5.92 Å². The fourth-order valence-corrected chi connectivity index (χ4v) is 2.70. The number of nitrogens with zero attached hydrogens (tertiary/aromatic N) is 3. The highest BCUT2D eigenvalue weighted by molar-refractivity contribution is 5.45. The van der Waals surface area contributed by atoms with Crippen LogP contribution in [0.5, 0.6) is 0 Å². The van der Waals surface area contributed by atoms with Crippen LogP contribution < -0.4 is 5.73 Å². The molecule has 0 aliphatic heterocycles. The van der Waals surface area contributed by atoms with Crippen LogP contribution in [0.2, 0.25) is 0 Å². The van der Waals surface area contributed by atoms with Gasteiger partial charge in [0.25, 0.3) is 0 Å². The number of rotatable bonds is 2. The van der Waals surface area contributed by atoms with Crippen LogP contribution in [-0.4, -0.2) is 14.8 Å². The SMILES string of the molecule is Nc1cn(-c2ccccn2)nc1C1CCCCC1. The van der Waals surface area contributed by atoms with Crippen LogP contribution in [-0.2, 0) is 0 Å². The van der Waals surface area contributed by atoms with Gasteiger partial charge in [0.2, 0.25) is 0 Å². The third-order valence-electron chi connectivity index (χ3n) is 3.65. The second kappa shape index (κ2) is 4.80. The van der Waals surface area contributed by atoms with Crippen LogP contribution in [0.3, 0.4) is 0 Å². The Morgan fingerprint density at radius 2 is 2.00 bits per heavy atom. The van der Waals surface area contributed by atoms with E-state index in [9.17, 15) is 0 Å². The fraction of sp³-hybridized carbons (Fsp3) is 0.429. The highest BCUT2D eigenvalue weighted by atomic mass is 15.3. The van der Waals surface area contributed by atoms with Crippen molar-refractivity contribution in [2.45, 2.75) is 38.0 Å². The van der Waals surface area contributed by atoms with Crippen LogP contribution >= 0.6 is 0 Å². The maximum absolute atomic E-state index is 6.10. The van der Waals surface area contributed by atoms with E-state index in [4.69, 9.17) is 5.73 Å². The van der Waals surface area contributed by atoms with Gasteiger partial charge in [0, 0.05) is 12.1 Å². The summed E-state index contributed by atoms with van der Waals surface area (Å²) in [5.74, 6) is 1.36. The van der Waals surface area contributed by atoms with Crippen molar-refractivity contribution >= 4 is 5.69 Å². The highest BCUT2D eigenvalue weighted by Gasteiger charge is 2.21. The summed E-state index contributed by atoms with van der Waals surface area (Å²) in [6, 6.07) is 5.80. The lowest BCUT2D eigenvalue weighted by molar-refractivity contribution is 0.435. The van der Waals surface area contributed by atoms with E-state index >= 15 is 0 Å². The van der Waals surface area contributed by atoms with Crippen molar-refractivity contribution in [2.24, 2.45) is 0 Å². The zero-order valence-corrected chi connectivity index (χ0v) is 10.4. The summed E-state index contributed by atoms with van der Waals surface area (Å²) in [4.78, 5) is 4.29. The van der Waals surface area contributed by atoms with Crippen molar-refractivity contribution in [2.75, 3.05) is 5.73 Å². The summed E-state index contributed by atoms with van der Waals surface area (Å²) >= 11 is 0. The maximum Gasteiger partial charge on any atom is 0.153 e. The van der Waals surface area contributed by atoms with E-state index in [1.165, 1.54) is 32.1 Å². The van der Waals surface area contributed by atoms with Gasteiger partial charge in [-0.1, -0.05) is 25.3 Å². The number of hydrogen-bond acceptors (Lipinski definition) is 3. The van der Waals surface area contributed by atoms with Crippen molar-refractivity contribution in [1.82, 2.24) is 14.8 Å². The first-order valence-corrected chi connectivity index (χ1v) is 6.61. The fourth-order valence-electron chi connectivity index (χ4n) is 2.70. The molecule has 0 radical (unpaired) electrons. The van der Waals surface area contributed by atoms with Crippen LogP contribution in [0.4, 0.5) is 5.69 Å². The van der Waals surface area contributed by atoms with Gasteiger partial charge in [-0.05, 0) is 25.0 Å². The Morgan fingerprint density at radius 3 is 2.72 bits per heavy atom. The monoisotopic (exact) mass is 242 g/mol. The number of aromatic nitrogens is 3. The summed E-state index contributed by atoms with van der Waals surface area (Å²) in [6.45, 7) is 0. The number of hydrogen-bond donors (Lipinski definition) is 1. The zero-order valence-electron chi connectivity index (χ0n) is 10.4. The molecular weight excluding hydrogens is 224 g/mol. The lowest BCUT2D eigenvalue weighted by Gasteiger charge is -2.19. The summed E-state index contributed by atoms with van der Waals surface area (Å²) in [5.41, 5.74) is 7.95. The average Bonchev–Trinajstić information content (AvgIpc) is 2.83. The van der Waals surface area contributed by atoms with E-state index in [1.807, 2.05) is 24.4 Å². The van der Waals surface area contributed by atoms with Crippen LogP contribution in [0.25, 0.3) is 5.82 Å². The van der Waals surface area contributed by atoms with Gasteiger partial charge in [0.05, 0.1) is 17.6 Å². The highest BCUT2D eigenvalue weighted by Crippen LogP contribution is 2.34. The molecule has 0 amide bonds. The standard InChI is InChI=1S/C14H18N4/c15-12-10-18(13-8-4-5-9-16-13)17-14(12)11-6-2-1-3-7-11/h4-5,8-11H,1-3,6-7,15H2. The lowest BCUT2D eigenvalue weighted by Crippen LogP contribution is -2.08. The summed E-state index contributed by atoms with van der Waals surface area (Å²) in [7, 11) is 0. The molecule has 2 aromatic rings. The smallest absolute Gasteiger partial charge is 0.153 e. The molecule has 4 heteroatoms. The molecule has 18 heavy (non-hydrogen) atoms. The Labute approximate surface area is 107 Å². The predicted octanol–water partition coefficient (Wildman–Crippen LogP) is 2.90. The molecular formula is C14H18N4. The van der Waals surface area contributed by atoms with E-state index in [1.54, 1.807) is 10.9 Å². The Morgan fingerprint density at radius 1 is 1.17 bits per heavy atom. The summed E-state index contributed by atoms with van der Waals surface area (Å²) < 4.78 is 1.79. The van der Waals surface area contributed by atoms with Gasteiger partial charge in [0.15, 0.2) is 5.82 Å². The van der Waals surface area contributed by atoms with Crippen molar-refractivity contribution in [1.29, 1.82) is 0 Å². The normalized spacial score (nSPS) is 16.9. The third kappa shape index (κ3) is 2.10. The van der Waals surface area contributed by atoms with Crippen molar-refractivity contribution < 1.29 is 0 Å². The first-order valence-electron chi connectivity index (χ1n) is 6.61. The first kappa shape index (κ1) is 11.3. The molecule has 0 bridgehead atoms. The molecule has 1 aliphatic carbocycles. The quantitative estimate of drug-likeness (QED) is 0.881. The van der Waals surface area contributed by atoms with Crippen LogP contribution in [0.1, 0.15) is 43.7 Å². The Bertz CT molecular complexity index is 512. The predicted molar refractivity (Wildman–Crippen MR) is 71.6 cm³/mol. The lowest BCUT2D eigenvalue weighted by atomic mass is 9.86. The first-order chi connectivity index (χ1) is 8.84. The van der Waals surface area contributed by atoms with Gasteiger partial charge in [-0.3, -0.25) is 0 Å². The zero-order chi connectivity index (χ0) is 12.4. The molecule has 0 aromatic carbocycles. The van der Waals surface area contributed by atoms with Crippen LogP contribution in [0.15, 0.2) is 30.6 Å². The van der Waals surface area contributed by atoms with Crippen LogP contribution in [0, 0.1) is 0 Å². The molecule has 94 valence electrons. The van der Waals surface area contributed by atoms with E-state index in [0.717, 1.165) is 17.2 Å². The second-order valence-corrected chi connectivity index (χ2v) is 4.94. The van der Waals surface area contributed by atoms with Gasteiger partial charge in [-0.2, -0.15) is 5.10 Å². The molecule has 1 aliphatic rings. The van der Waals surface area contributed by atoms with E-state index in [2.05, 4.69) is 10.1 Å². The van der Waals surface area contributed by atoms with Crippen molar-refractivity contribution in [3.8, 4) is 5.82 Å². The molecule has 1 saturated carbocycles. The molecule has 1 fully saturated rings. The van der Waals surface area contributed by atoms with Gasteiger partial charge in [0.1, 0.15) is 0 Å². The molecule has 4 nitrogen and oxygen atoms in total. The number of anilines is 1. The minimum Gasteiger partial charge on any atom is -0.396 e. The molecule has 2 heterocycles. The molecule has 0 spiro atoms. The van der Waals surface area contributed by atoms with Gasteiger partial charge >= 0.3 is 0 Å². The van der Waals surface area contributed by atoms with E-state index < -0.39 is 0 Å². The van der Waals surface area contributed by atoms with Gasteiger partial charge in [-0.25, -0.2) is 9.67 Å². The minimum atomic E-state index is 0.531. The Kier molecular flexibility index (Phi) is 3.00. The summed E-state index contributed by atoms with van der Waals surface area (Å²) in [5, 5.41) is 4.63. The number of pyridine rings is 1. The number of nitrogen functional groups attached to an aromatic ring is 1. The third-order valence-corrected chi connectivity index (χ3v) is 3.65. The molecule has 0 atom stereocenters. The van der Waals surface area contributed by atoms with Crippen molar-refractivity contribution in [3.05, 3.63) is 36.3 Å². The van der Waals surface area contributed by atoms with E-state index in [-0.39, 0.29) is 0 Å². The molecule has 0 unspecified atom stereocenters. The minimum absolute atomic E-state index is 0.531. The molecule has 3 rings (SSSR count). The Balaban J connectivity index is 1.91. The van der Waals surface area contributed by atoms with Gasteiger partial charge < -0.3 is 5.73 Å².